The van der Waals surface area contributed by atoms with Gasteiger partial charge in [-0.2, -0.15) is 0 Å². The van der Waals surface area contributed by atoms with Crippen LogP contribution in [0.3, 0.4) is 0 Å². The van der Waals surface area contributed by atoms with Crippen molar-refractivity contribution in [2.75, 3.05) is 4.90 Å². The number of nitrogens with zero attached hydrogens (tertiary/aromatic N) is 1. The van der Waals surface area contributed by atoms with E-state index in [1.807, 2.05) is 0 Å². The molecular formula is C23H12ClNO7. The molecule has 3 aromatic rings. The molecule has 0 saturated carbocycles. The minimum Gasteiger partial charge on any atom is -0.478 e. The number of fused-ring (bicyclic) bond motifs is 1. The molecule has 0 radical (unpaired) electrons. The summed E-state index contributed by atoms with van der Waals surface area (Å²) in [5.41, 5.74) is -0.582. The van der Waals surface area contributed by atoms with Gasteiger partial charge in [0.15, 0.2) is 5.78 Å². The number of carboxylic acids is 2. The predicted octanol–water partition coefficient (Wildman–Crippen LogP) is 3.77. The van der Waals surface area contributed by atoms with Gasteiger partial charge in [0.2, 0.25) is 0 Å². The number of carbonyl (C=O) groups is 5. The van der Waals surface area contributed by atoms with Gasteiger partial charge >= 0.3 is 11.9 Å². The van der Waals surface area contributed by atoms with Crippen LogP contribution >= 0.6 is 11.6 Å². The number of ketones is 1. The molecule has 0 fully saturated rings. The molecule has 2 N–H and O–H groups in total. The standard InChI is InChI=1S/C23H12ClNO7/c24-17-8-6-11(19(26)13-3-1-2-4-15(13)23(31)32)10-18(17)25-20(27)14-7-5-12(22(29)30)9-16(14)21(25)28/h1-10H,(H,29,30)(H,31,32). The second kappa shape index (κ2) is 7.75. The van der Waals surface area contributed by atoms with E-state index in [2.05, 4.69) is 0 Å². The van der Waals surface area contributed by atoms with Crippen molar-refractivity contribution in [3.63, 3.8) is 0 Å². The molecule has 0 aromatic heterocycles. The van der Waals surface area contributed by atoms with Crippen LogP contribution in [-0.2, 0) is 0 Å². The number of imide groups is 1. The lowest BCUT2D eigenvalue weighted by molar-refractivity contribution is 0.0684. The first-order valence-corrected chi connectivity index (χ1v) is 9.51. The van der Waals surface area contributed by atoms with Crippen LogP contribution in [-0.4, -0.2) is 39.7 Å². The molecule has 2 amide bonds. The average molecular weight is 450 g/mol. The molecule has 1 aliphatic rings. The molecule has 1 aliphatic heterocycles. The van der Waals surface area contributed by atoms with Crippen LogP contribution in [0.4, 0.5) is 5.69 Å². The molecule has 0 spiro atoms. The Kier molecular flexibility index (Phi) is 5.07. The smallest absolute Gasteiger partial charge is 0.336 e. The third-order valence-corrected chi connectivity index (χ3v) is 5.30. The fourth-order valence-electron chi connectivity index (χ4n) is 3.44. The first-order chi connectivity index (χ1) is 15.2. The molecule has 158 valence electrons. The number of carbonyl (C=O) groups excluding carboxylic acids is 3. The first-order valence-electron chi connectivity index (χ1n) is 9.13. The second-order valence-electron chi connectivity index (χ2n) is 6.86. The van der Waals surface area contributed by atoms with Crippen LogP contribution in [0.15, 0.2) is 60.7 Å². The largest absolute Gasteiger partial charge is 0.478 e. The molecule has 0 atom stereocenters. The van der Waals surface area contributed by atoms with Crippen molar-refractivity contribution in [2.45, 2.75) is 0 Å². The van der Waals surface area contributed by atoms with Crippen molar-refractivity contribution in [3.05, 3.63) is 99.1 Å². The van der Waals surface area contributed by atoms with Crippen molar-refractivity contribution in [1.82, 2.24) is 0 Å². The van der Waals surface area contributed by atoms with Gasteiger partial charge in [-0.05, 0) is 42.5 Å². The van der Waals surface area contributed by atoms with Crippen molar-refractivity contribution >= 4 is 46.8 Å². The number of hydrogen-bond acceptors (Lipinski definition) is 5. The summed E-state index contributed by atoms with van der Waals surface area (Å²) in [6.45, 7) is 0. The lowest BCUT2D eigenvalue weighted by Gasteiger charge is -2.17. The number of hydrogen-bond donors (Lipinski definition) is 2. The summed E-state index contributed by atoms with van der Waals surface area (Å²) in [5, 5.41) is 18.5. The van der Waals surface area contributed by atoms with Crippen LogP contribution in [0.5, 0.6) is 0 Å². The van der Waals surface area contributed by atoms with E-state index in [0.29, 0.717) is 0 Å². The predicted molar refractivity (Wildman–Crippen MR) is 113 cm³/mol. The average Bonchev–Trinajstić information content (AvgIpc) is 3.03. The maximum absolute atomic E-state index is 13.0. The normalized spacial score (nSPS) is 12.6. The zero-order valence-electron chi connectivity index (χ0n) is 16.0. The summed E-state index contributed by atoms with van der Waals surface area (Å²) in [7, 11) is 0. The van der Waals surface area contributed by atoms with Crippen LogP contribution < -0.4 is 4.90 Å². The molecule has 0 bridgehead atoms. The Morgan fingerprint density at radius 1 is 0.719 bits per heavy atom. The van der Waals surface area contributed by atoms with Crippen LogP contribution in [0.2, 0.25) is 5.02 Å². The Morgan fingerprint density at radius 2 is 1.34 bits per heavy atom. The number of carboxylic acid groups (broad SMARTS) is 2. The minimum atomic E-state index is -1.28. The number of rotatable bonds is 5. The fraction of sp³-hybridized carbons (Fsp3) is 0. The van der Waals surface area contributed by atoms with E-state index in [0.717, 1.165) is 11.0 Å². The Hall–Kier alpha value is -4.30. The number of benzene rings is 3. The molecule has 9 heteroatoms. The van der Waals surface area contributed by atoms with E-state index in [1.54, 1.807) is 0 Å². The van der Waals surface area contributed by atoms with Gasteiger partial charge < -0.3 is 10.2 Å². The van der Waals surface area contributed by atoms with Gasteiger partial charge in [0.25, 0.3) is 11.8 Å². The Labute approximate surface area is 185 Å². The fourth-order valence-corrected chi connectivity index (χ4v) is 3.64. The van der Waals surface area contributed by atoms with Gasteiger partial charge in [-0.1, -0.05) is 29.8 Å². The SMILES string of the molecule is O=C(O)c1ccc2c(c1)C(=O)N(c1cc(C(=O)c3ccccc3C(=O)O)ccc1Cl)C2=O. The highest BCUT2D eigenvalue weighted by Gasteiger charge is 2.38. The topological polar surface area (TPSA) is 129 Å². The van der Waals surface area contributed by atoms with Crippen LogP contribution in [0.1, 0.15) is 57.4 Å². The van der Waals surface area contributed by atoms with Gasteiger partial charge in [0.05, 0.1) is 33.0 Å². The summed E-state index contributed by atoms with van der Waals surface area (Å²) in [5.74, 6) is -4.68. The van der Waals surface area contributed by atoms with Gasteiger partial charge in [-0.3, -0.25) is 14.4 Å². The third kappa shape index (κ3) is 3.32. The summed E-state index contributed by atoms with van der Waals surface area (Å²) >= 11 is 6.22. The molecular weight excluding hydrogens is 438 g/mol. The first kappa shape index (κ1) is 21.0. The quantitative estimate of drug-likeness (QED) is 0.448. The number of aromatic carboxylic acids is 2. The highest BCUT2D eigenvalue weighted by molar-refractivity contribution is 6.40. The maximum Gasteiger partial charge on any atom is 0.336 e. The molecule has 0 aliphatic carbocycles. The molecule has 0 saturated heterocycles. The van der Waals surface area contributed by atoms with Gasteiger partial charge in [-0.15, -0.1) is 0 Å². The molecule has 1 heterocycles. The zero-order valence-corrected chi connectivity index (χ0v) is 16.8. The maximum atomic E-state index is 13.0. The summed E-state index contributed by atoms with van der Waals surface area (Å²) < 4.78 is 0. The summed E-state index contributed by atoms with van der Waals surface area (Å²) in [6, 6.07) is 13.1. The Morgan fingerprint density at radius 3 is 2.00 bits per heavy atom. The van der Waals surface area contributed by atoms with E-state index in [4.69, 9.17) is 16.7 Å². The van der Waals surface area contributed by atoms with Crippen LogP contribution in [0, 0.1) is 0 Å². The lowest BCUT2D eigenvalue weighted by Crippen LogP contribution is -2.30. The van der Waals surface area contributed by atoms with Crippen molar-refractivity contribution in [3.8, 4) is 0 Å². The zero-order chi connectivity index (χ0) is 23.2. The van der Waals surface area contributed by atoms with E-state index in [9.17, 15) is 29.1 Å². The third-order valence-electron chi connectivity index (χ3n) is 4.98. The Balaban J connectivity index is 1.78. The number of halogens is 1. The minimum absolute atomic E-state index is 0.000957. The van der Waals surface area contributed by atoms with Crippen molar-refractivity contribution < 1.29 is 34.2 Å². The molecule has 4 rings (SSSR count). The molecule has 32 heavy (non-hydrogen) atoms. The molecule has 8 nitrogen and oxygen atoms in total. The van der Waals surface area contributed by atoms with Crippen LogP contribution in [0.25, 0.3) is 0 Å². The number of anilines is 1. The van der Waals surface area contributed by atoms with E-state index in [-0.39, 0.29) is 44.1 Å². The lowest BCUT2D eigenvalue weighted by atomic mass is 9.98. The summed E-state index contributed by atoms with van der Waals surface area (Å²) in [4.78, 5) is 62.2. The highest BCUT2D eigenvalue weighted by atomic mass is 35.5. The highest BCUT2D eigenvalue weighted by Crippen LogP contribution is 2.35. The van der Waals surface area contributed by atoms with E-state index >= 15 is 0 Å². The molecule has 0 unspecified atom stereocenters. The van der Waals surface area contributed by atoms with E-state index in [1.165, 1.54) is 54.6 Å². The monoisotopic (exact) mass is 449 g/mol. The summed E-state index contributed by atoms with van der Waals surface area (Å²) in [6.07, 6.45) is 0. The second-order valence-corrected chi connectivity index (χ2v) is 7.26. The van der Waals surface area contributed by atoms with Gasteiger partial charge in [-0.25, -0.2) is 14.5 Å². The van der Waals surface area contributed by atoms with E-state index < -0.39 is 29.5 Å². The van der Waals surface area contributed by atoms with Gasteiger partial charge in [0.1, 0.15) is 0 Å². The van der Waals surface area contributed by atoms with Crippen molar-refractivity contribution in [2.24, 2.45) is 0 Å². The number of amides is 2. The van der Waals surface area contributed by atoms with Gasteiger partial charge in [0, 0.05) is 11.1 Å². The Bertz CT molecular complexity index is 1360. The molecule has 3 aromatic carbocycles. The van der Waals surface area contributed by atoms with Crippen molar-refractivity contribution in [1.29, 1.82) is 0 Å².